The zero-order valence-corrected chi connectivity index (χ0v) is 14.4. The zero-order chi connectivity index (χ0) is 17.9. The highest BCUT2D eigenvalue weighted by atomic mass is 16.6. The SMILES string of the molecule is COCC(O)COC(COCCOCCO)COCCOCCO. The van der Waals surface area contributed by atoms with Crippen LogP contribution in [-0.4, -0.2) is 114 Å². The van der Waals surface area contributed by atoms with Crippen LogP contribution in [0.3, 0.4) is 0 Å². The van der Waals surface area contributed by atoms with Crippen molar-refractivity contribution in [2.24, 2.45) is 0 Å². The van der Waals surface area contributed by atoms with Crippen LogP contribution in [0.4, 0.5) is 0 Å². The van der Waals surface area contributed by atoms with Gasteiger partial charge in [-0.3, -0.25) is 0 Å². The van der Waals surface area contributed by atoms with E-state index in [0.717, 1.165) is 0 Å². The van der Waals surface area contributed by atoms with E-state index in [1.165, 1.54) is 7.11 Å². The van der Waals surface area contributed by atoms with Gasteiger partial charge in [-0.1, -0.05) is 0 Å². The van der Waals surface area contributed by atoms with Gasteiger partial charge in [-0.05, 0) is 0 Å². The van der Waals surface area contributed by atoms with Crippen molar-refractivity contribution < 1.29 is 43.7 Å². The molecule has 0 aromatic carbocycles. The maximum Gasteiger partial charge on any atom is 0.104 e. The van der Waals surface area contributed by atoms with E-state index in [-0.39, 0.29) is 45.7 Å². The Morgan fingerprint density at radius 1 is 0.667 bits per heavy atom. The molecule has 1 unspecified atom stereocenters. The van der Waals surface area contributed by atoms with Crippen molar-refractivity contribution >= 4 is 0 Å². The van der Waals surface area contributed by atoms with Crippen LogP contribution in [0.1, 0.15) is 0 Å². The van der Waals surface area contributed by atoms with E-state index in [2.05, 4.69) is 0 Å². The second-order valence-electron chi connectivity index (χ2n) is 4.89. The third-order valence-electron chi connectivity index (χ3n) is 2.71. The molecule has 0 aliphatic heterocycles. The number of aliphatic hydroxyl groups excluding tert-OH is 3. The third-order valence-corrected chi connectivity index (χ3v) is 2.71. The van der Waals surface area contributed by atoms with Gasteiger partial charge in [0.05, 0.1) is 79.3 Å². The summed E-state index contributed by atoms with van der Waals surface area (Å²) in [6.07, 6.45) is -1.05. The van der Waals surface area contributed by atoms with Crippen LogP contribution in [0.15, 0.2) is 0 Å². The second-order valence-corrected chi connectivity index (χ2v) is 4.89. The van der Waals surface area contributed by atoms with E-state index in [4.69, 9.17) is 38.6 Å². The molecular formula is C15H32O9. The van der Waals surface area contributed by atoms with E-state index in [1.54, 1.807) is 0 Å². The summed E-state index contributed by atoms with van der Waals surface area (Å²) in [4.78, 5) is 0. The molecule has 3 N–H and O–H groups in total. The predicted octanol–water partition coefficient (Wildman–Crippen LogP) is -1.57. The van der Waals surface area contributed by atoms with Crippen molar-refractivity contribution in [2.45, 2.75) is 12.2 Å². The van der Waals surface area contributed by atoms with Gasteiger partial charge >= 0.3 is 0 Å². The molecule has 0 rings (SSSR count). The minimum Gasteiger partial charge on any atom is -0.394 e. The number of hydrogen-bond donors (Lipinski definition) is 3. The van der Waals surface area contributed by atoms with Crippen LogP contribution >= 0.6 is 0 Å². The summed E-state index contributed by atoms with van der Waals surface area (Å²) < 4.78 is 31.5. The van der Waals surface area contributed by atoms with E-state index >= 15 is 0 Å². The monoisotopic (exact) mass is 356 g/mol. The summed E-state index contributed by atoms with van der Waals surface area (Å²) >= 11 is 0. The normalized spacial score (nSPS) is 12.9. The first-order valence-electron chi connectivity index (χ1n) is 8.05. The smallest absolute Gasteiger partial charge is 0.104 e. The van der Waals surface area contributed by atoms with E-state index in [1.807, 2.05) is 0 Å². The highest BCUT2D eigenvalue weighted by molar-refractivity contribution is 4.59. The van der Waals surface area contributed by atoms with Gasteiger partial charge < -0.3 is 43.7 Å². The summed E-state index contributed by atoms with van der Waals surface area (Å²) in [5.74, 6) is 0. The number of methoxy groups -OCH3 is 1. The second kappa shape index (κ2) is 19.0. The molecule has 0 amide bonds. The molecule has 146 valence electrons. The van der Waals surface area contributed by atoms with Gasteiger partial charge in [-0.2, -0.15) is 0 Å². The Hall–Kier alpha value is -0.360. The van der Waals surface area contributed by atoms with Crippen molar-refractivity contribution in [1.82, 2.24) is 0 Å². The standard InChI is InChI=1S/C15H32O9/c1-19-10-14(18)11-24-15(12-22-8-6-20-4-2-16)13-23-9-7-21-5-3-17/h14-18H,2-13H2,1H3. The topological polar surface area (TPSA) is 116 Å². The summed E-state index contributed by atoms with van der Waals surface area (Å²) in [5.41, 5.74) is 0. The summed E-state index contributed by atoms with van der Waals surface area (Å²) in [5, 5.41) is 26.8. The molecule has 0 spiro atoms. The molecule has 0 saturated carbocycles. The first-order chi connectivity index (χ1) is 11.7. The maximum atomic E-state index is 9.62. The first-order valence-corrected chi connectivity index (χ1v) is 8.05. The van der Waals surface area contributed by atoms with E-state index < -0.39 is 6.10 Å². The van der Waals surface area contributed by atoms with Crippen LogP contribution in [0.2, 0.25) is 0 Å². The Morgan fingerprint density at radius 3 is 1.62 bits per heavy atom. The summed E-state index contributed by atoms with van der Waals surface area (Å²) in [7, 11) is 1.51. The number of ether oxygens (including phenoxy) is 6. The highest BCUT2D eigenvalue weighted by Crippen LogP contribution is 1.99. The molecule has 0 radical (unpaired) electrons. The minimum absolute atomic E-state index is 0.0185. The van der Waals surface area contributed by atoms with Crippen LogP contribution in [0, 0.1) is 0 Å². The van der Waals surface area contributed by atoms with Crippen molar-refractivity contribution in [2.75, 3.05) is 86.4 Å². The maximum absolute atomic E-state index is 9.62. The number of hydrogen-bond acceptors (Lipinski definition) is 9. The van der Waals surface area contributed by atoms with Gasteiger partial charge in [0.25, 0.3) is 0 Å². The van der Waals surface area contributed by atoms with Crippen molar-refractivity contribution in [1.29, 1.82) is 0 Å². The Morgan fingerprint density at radius 2 is 1.17 bits per heavy atom. The number of aliphatic hydroxyl groups is 3. The van der Waals surface area contributed by atoms with Crippen LogP contribution in [-0.2, 0) is 28.4 Å². The van der Waals surface area contributed by atoms with Gasteiger partial charge in [0, 0.05) is 7.11 Å². The average molecular weight is 356 g/mol. The predicted molar refractivity (Wildman–Crippen MR) is 85.1 cm³/mol. The van der Waals surface area contributed by atoms with Gasteiger partial charge in [0.2, 0.25) is 0 Å². The fourth-order valence-corrected chi connectivity index (χ4v) is 1.63. The minimum atomic E-state index is -0.710. The third kappa shape index (κ3) is 16.5. The van der Waals surface area contributed by atoms with Gasteiger partial charge in [-0.25, -0.2) is 0 Å². The molecule has 0 aliphatic rings. The number of rotatable bonds is 19. The molecule has 0 aliphatic carbocycles. The Balaban J connectivity index is 3.86. The molecule has 9 heteroatoms. The molecule has 0 heterocycles. The fourth-order valence-electron chi connectivity index (χ4n) is 1.63. The summed E-state index contributed by atoms with van der Waals surface area (Å²) in [6, 6.07) is 0. The largest absolute Gasteiger partial charge is 0.394 e. The Kier molecular flexibility index (Phi) is 18.7. The molecule has 0 bridgehead atoms. The molecule has 9 nitrogen and oxygen atoms in total. The average Bonchev–Trinajstić information content (AvgIpc) is 2.58. The van der Waals surface area contributed by atoms with Gasteiger partial charge in [-0.15, -0.1) is 0 Å². The van der Waals surface area contributed by atoms with E-state index in [9.17, 15) is 5.11 Å². The molecule has 0 aromatic heterocycles. The van der Waals surface area contributed by atoms with Crippen molar-refractivity contribution in [3.05, 3.63) is 0 Å². The summed E-state index contributed by atoms with van der Waals surface area (Å²) in [6.45, 7) is 2.94. The first kappa shape index (κ1) is 23.6. The molecule has 0 fully saturated rings. The fraction of sp³-hybridized carbons (Fsp3) is 1.00. The van der Waals surface area contributed by atoms with Crippen molar-refractivity contribution in [3.8, 4) is 0 Å². The highest BCUT2D eigenvalue weighted by Gasteiger charge is 2.13. The lowest BCUT2D eigenvalue weighted by molar-refractivity contribution is -0.0980. The molecule has 1 atom stereocenters. The Labute approximate surface area is 143 Å². The van der Waals surface area contributed by atoms with Crippen molar-refractivity contribution in [3.63, 3.8) is 0 Å². The van der Waals surface area contributed by atoms with Gasteiger partial charge in [0.1, 0.15) is 12.2 Å². The molecular weight excluding hydrogens is 324 g/mol. The lowest BCUT2D eigenvalue weighted by atomic mass is 10.3. The lowest BCUT2D eigenvalue weighted by Gasteiger charge is -2.20. The quantitative estimate of drug-likeness (QED) is 0.236. The Bertz CT molecular complexity index is 227. The van der Waals surface area contributed by atoms with Crippen LogP contribution in [0.5, 0.6) is 0 Å². The van der Waals surface area contributed by atoms with Gasteiger partial charge in [0.15, 0.2) is 0 Å². The molecule has 24 heavy (non-hydrogen) atoms. The zero-order valence-electron chi connectivity index (χ0n) is 14.4. The molecule has 0 saturated heterocycles. The lowest BCUT2D eigenvalue weighted by Crippen LogP contribution is -2.32. The van der Waals surface area contributed by atoms with Crippen LogP contribution < -0.4 is 0 Å². The van der Waals surface area contributed by atoms with E-state index in [0.29, 0.717) is 39.6 Å². The molecule has 0 aromatic rings. The van der Waals surface area contributed by atoms with Crippen LogP contribution in [0.25, 0.3) is 0 Å².